The highest BCUT2D eigenvalue weighted by molar-refractivity contribution is 5.86. The minimum absolute atomic E-state index is 0.306. The molecule has 1 unspecified atom stereocenters. The van der Waals surface area contributed by atoms with Crippen molar-refractivity contribution in [2.75, 3.05) is 13.6 Å². The quantitative estimate of drug-likeness (QED) is 0.508. The summed E-state index contributed by atoms with van der Waals surface area (Å²) in [5, 5.41) is 13.4. The van der Waals surface area contributed by atoms with E-state index in [0.29, 0.717) is 12.1 Å². The van der Waals surface area contributed by atoms with E-state index in [0.717, 1.165) is 30.6 Å². The molecule has 0 saturated heterocycles. The first kappa shape index (κ1) is 20.0. The summed E-state index contributed by atoms with van der Waals surface area (Å²) in [4.78, 5) is 2.32. The Morgan fingerprint density at radius 2 is 1.68 bits per heavy atom. The Morgan fingerprint density at radius 1 is 0.968 bits per heavy atom. The Morgan fingerprint density at radius 3 is 2.42 bits per heavy atom. The van der Waals surface area contributed by atoms with Gasteiger partial charge in [0.2, 0.25) is 0 Å². The van der Waals surface area contributed by atoms with E-state index in [4.69, 9.17) is 0 Å². The Bertz CT molecular complexity index is 1230. The maximum Gasteiger partial charge on any atom is 0.132 e. The normalized spacial score (nSPS) is 16.3. The first-order valence-corrected chi connectivity index (χ1v) is 10.8. The summed E-state index contributed by atoms with van der Waals surface area (Å²) in [7, 11) is 2.14. The van der Waals surface area contributed by atoms with Crippen molar-refractivity contribution >= 4 is 10.9 Å². The number of nitrogens with zero attached hydrogens (tertiary/aromatic N) is 2. The van der Waals surface area contributed by atoms with Crippen LogP contribution in [0, 0.1) is 12.7 Å². The van der Waals surface area contributed by atoms with Crippen molar-refractivity contribution < 1.29 is 9.50 Å². The third-order valence-electron chi connectivity index (χ3n) is 6.57. The minimum atomic E-state index is -1.28. The number of rotatable bonds is 4. The predicted molar refractivity (Wildman–Crippen MR) is 123 cm³/mol. The van der Waals surface area contributed by atoms with Gasteiger partial charge in [-0.1, -0.05) is 54.1 Å². The van der Waals surface area contributed by atoms with Gasteiger partial charge in [0, 0.05) is 29.7 Å². The maximum absolute atomic E-state index is 13.7. The Labute approximate surface area is 182 Å². The van der Waals surface area contributed by atoms with E-state index in [9.17, 15) is 9.50 Å². The van der Waals surface area contributed by atoms with Gasteiger partial charge in [0.05, 0.1) is 6.54 Å². The van der Waals surface area contributed by atoms with Crippen molar-refractivity contribution in [1.82, 2.24) is 9.47 Å². The molecule has 2 heterocycles. The van der Waals surface area contributed by atoms with Crippen LogP contribution >= 0.6 is 0 Å². The van der Waals surface area contributed by atoms with Crippen LogP contribution in [0.15, 0.2) is 72.8 Å². The molecule has 0 bridgehead atoms. The zero-order valence-electron chi connectivity index (χ0n) is 18.0. The fraction of sp³-hybridized carbons (Fsp3) is 0.259. The average Bonchev–Trinajstić information content (AvgIpc) is 3.06. The number of aliphatic hydroxyl groups is 1. The fourth-order valence-electron chi connectivity index (χ4n) is 4.89. The molecule has 1 aliphatic rings. The lowest BCUT2D eigenvalue weighted by atomic mass is 9.86. The first-order chi connectivity index (χ1) is 15.0. The first-order valence-electron chi connectivity index (χ1n) is 10.8. The standard InChI is InChI=1S/C27H27FN2O/c1-19-8-13-25-24(16-19)23-14-15-29(2)17-26(23)30(25)18-27(31,20-6-4-3-5-7-20)21-9-11-22(28)12-10-21/h3-13,16,31H,14-15,17-18H2,1-2H3. The molecule has 0 saturated carbocycles. The number of halogens is 1. The monoisotopic (exact) mass is 414 g/mol. The van der Waals surface area contributed by atoms with E-state index in [-0.39, 0.29) is 5.82 Å². The van der Waals surface area contributed by atoms with Gasteiger partial charge < -0.3 is 14.6 Å². The Hall–Kier alpha value is -2.95. The molecule has 0 radical (unpaired) electrons. The van der Waals surface area contributed by atoms with Gasteiger partial charge >= 0.3 is 0 Å². The summed E-state index contributed by atoms with van der Waals surface area (Å²) in [5.74, 6) is -0.306. The molecule has 1 atom stereocenters. The SMILES string of the molecule is Cc1ccc2c(c1)c1c(n2CC(O)(c2ccccc2)c2ccc(F)cc2)CN(C)CC1. The molecule has 4 heteroatoms. The highest BCUT2D eigenvalue weighted by Gasteiger charge is 2.34. The van der Waals surface area contributed by atoms with Crippen molar-refractivity contribution in [3.8, 4) is 0 Å². The third kappa shape index (κ3) is 3.46. The zero-order valence-corrected chi connectivity index (χ0v) is 18.0. The number of aryl methyl sites for hydroxylation is 1. The van der Waals surface area contributed by atoms with E-state index in [1.807, 2.05) is 30.3 Å². The number of aromatic nitrogens is 1. The van der Waals surface area contributed by atoms with Crippen LogP contribution in [0.2, 0.25) is 0 Å². The molecule has 5 rings (SSSR count). The van der Waals surface area contributed by atoms with Crippen LogP contribution in [0.25, 0.3) is 10.9 Å². The Kier molecular flexibility index (Phi) is 4.92. The van der Waals surface area contributed by atoms with Crippen molar-refractivity contribution in [3.63, 3.8) is 0 Å². The van der Waals surface area contributed by atoms with Crippen LogP contribution in [-0.2, 0) is 25.1 Å². The van der Waals surface area contributed by atoms with Gasteiger partial charge in [0.25, 0.3) is 0 Å². The molecule has 4 aromatic rings. The Balaban J connectivity index is 1.72. The second-order valence-corrected chi connectivity index (χ2v) is 8.75. The van der Waals surface area contributed by atoms with Crippen LogP contribution in [0.1, 0.15) is 27.9 Å². The van der Waals surface area contributed by atoms with Gasteiger partial charge in [0.1, 0.15) is 11.4 Å². The third-order valence-corrected chi connectivity index (χ3v) is 6.57. The molecule has 0 aliphatic carbocycles. The smallest absolute Gasteiger partial charge is 0.132 e. The molecule has 158 valence electrons. The second kappa shape index (κ2) is 7.63. The lowest BCUT2D eigenvalue weighted by Crippen LogP contribution is -2.35. The van der Waals surface area contributed by atoms with Crippen molar-refractivity contribution in [2.45, 2.75) is 32.0 Å². The van der Waals surface area contributed by atoms with E-state index < -0.39 is 5.60 Å². The molecular weight excluding hydrogens is 387 g/mol. The molecule has 3 aromatic carbocycles. The van der Waals surface area contributed by atoms with Crippen LogP contribution < -0.4 is 0 Å². The molecule has 31 heavy (non-hydrogen) atoms. The largest absolute Gasteiger partial charge is 0.378 e. The number of fused-ring (bicyclic) bond motifs is 3. The van der Waals surface area contributed by atoms with Crippen LogP contribution in [0.4, 0.5) is 4.39 Å². The fourth-order valence-corrected chi connectivity index (χ4v) is 4.89. The number of hydrogen-bond acceptors (Lipinski definition) is 2. The number of likely N-dealkylation sites (N-methyl/N-ethyl adjacent to an activating group) is 1. The van der Waals surface area contributed by atoms with Gasteiger partial charge in [-0.2, -0.15) is 0 Å². The summed E-state index contributed by atoms with van der Waals surface area (Å²) in [5.41, 5.74) is 5.22. The van der Waals surface area contributed by atoms with Crippen molar-refractivity contribution in [1.29, 1.82) is 0 Å². The van der Waals surface area contributed by atoms with E-state index in [2.05, 4.69) is 41.6 Å². The average molecular weight is 415 g/mol. The molecule has 1 aliphatic heterocycles. The summed E-state index contributed by atoms with van der Waals surface area (Å²) in [6.45, 7) is 4.36. The zero-order chi connectivity index (χ0) is 21.6. The predicted octanol–water partition coefficient (Wildman–Crippen LogP) is 5.01. The van der Waals surface area contributed by atoms with Gasteiger partial charge in [-0.05, 0) is 61.3 Å². The van der Waals surface area contributed by atoms with E-state index in [1.165, 1.54) is 34.3 Å². The molecular formula is C27H27FN2O. The maximum atomic E-state index is 13.7. The van der Waals surface area contributed by atoms with Crippen molar-refractivity contribution in [3.05, 3.63) is 107 Å². The minimum Gasteiger partial charge on any atom is -0.378 e. The molecule has 1 aromatic heterocycles. The molecule has 0 spiro atoms. The molecule has 1 N–H and O–H groups in total. The molecule has 3 nitrogen and oxygen atoms in total. The summed E-state index contributed by atoms with van der Waals surface area (Å²) >= 11 is 0. The molecule has 0 fully saturated rings. The molecule has 0 amide bonds. The topological polar surface area (TPSA) is 28.4 Å². The van der Waals surface area contributed by atoms with E-state index in [1.54, 1.807) is 12.1 Å². The van der Waals surface area contributed by atoms with Crippen molar-refractivity contribution in [2.24, 2.45) is 0 Å². The van der Waals surface area contributed by atoms with E-state index >= 15 is 0 Å². The van der Waals surface area contributed by atoms with Gasteiger partial charge in [0.15, 0.2) is 0 Å². The van der Waals surface area contributed by atoms with Gasteiger partial charge in [-0.3, -0.25) is 0 Å². The number of hydrogen-bond donors (Lipinski definition) is 1. The van der Waals surface area contributed by atoms with Crippen LogP contribution in [0.5, 0.6) is 0 Å². The lowest BCUT2D eigenvalue weighted by Gasteiger charge is -2.32. The lowest BCUT2D eigenvalue weighted by molar-refractivity contribution is 0.0608. The van der Waals surface area contributed by atoms with Gasteiger partial charge in [-0.25, -0.2) is 4.39 Å². The van der Waals surface area contributed by atoms with Gasteiger partial charge in [-0.15, -0.1) is 0 Å². The second-order valence-electron chi connectivity index (χ2n) is 8.75. The van der Waals surface area contributed by atoms with Crippen LogP contribution in [0.3, 0.4) is 0 Å². The summed E-state index contributed by atoms with van der Waals surface area (Å²) in [6.07, 6.45) is 0.999. The highest BCUT2D eigenvalue weighted by atomic mass is 19.1. The summed E-state index contributed by atoms with van der Waals surface area (Å²) < 4.78 is 16.0. The van der Waals surface area contributed by atoms with Crippen LogP contribution in [-0.4, -0.2) is 28.2 Å². The highest BCUT2D eigenvalue weighted by Crippen LogP contribution is 2.37. The summed E-state index contributed by atoms with van der Waals surface area (Å²) in [6, 6.07) is 22.5. The number of benzene rings is 3.